The molecule has 0 saturated carbocycles. The van der Waals surface area contributed by atoms with Gasteiger partial charge in [0.05, 0.1) is 11.0 Å². The van der Waals surface area contributed by atoms with Crippen molar-refractivity contribution in [3.8, 4) is 0 Å². The second-order valence-electron chi connectivity index (χ2n) is 5.59. The lowest BCUT2D eigenvalue weighted by Crippen LogP contribution is -2.58. The molecule has 4 N–H and O–H groups in total. The van der Waals surface area contributed by atoms with Crippen molar-refractivity contribution in [1.29, 1.82) is 0 Å². The Labute approximate surface area is 127 Å². The second kappa shape index (κ2) is 6.17. The number of ether oxygens (including phenoxy) is 1. The van der Waals surface area contributed by atoms with Gasteiger partial charge in [0, 0.05) is 6.07 Å². The average molecular weight is 312 g/mol. The van der Waals surface area contributed by atoms with E-state index in [0.29, 0.717) is 0 Å². The van der Waals surface area contributed by atoms with Crippen molar-refractivity contribution < 1.29 is 25.0 Å². The molecule has 22 heavy (non-hydrogen) atoms. The molecule has 8 nitrogen and oxygen atoms in total. The molecule has 1 heterocycles. The lowest BCUT2D eigenvalue weighted by Gasteiger charge is -2.39. The van der Waals surface area contributed by atoms with Gasteiger partial charge in [-0.15, -0.1) is 0 Å². The maximum absolute atomic E-state index is 11.2. The number of nitrogens with zero attached hydrogens (tertiary/aromatic N) is 1. The number of hydrogen-bond donors (Lipinski definition) is 4. The molecule has 0 aromatic heterocycles. The summed E-state index contributed by atoms with van der Waals surface area (Å²) in [5.41, 5.74) is 1.65. The van der Waals surface area contributed by atoms with Gasteiger partial charge in [-0.2, -0.15) is 0 Å². The fourth-order valence-corrected chi connectivity index (χ4v) is 2.39. The minimum atomic E-state index is -1.41. The van der Waals surface area contributed by atoms with Gasteiger partial charge in [0.2, 0.25) is 0 Å². The number of nitrogens with one attached hydrogen (secondary N) is 1. The van der Waals surface area contributed by atoms with Crippen molar-refractivity contribution in [2.24, 2.45) is 0 Å². The molecule has 1 fully saturated rings. The van der Waals surface area contributed by atoms with Crippen molar-refractivity contribution in [3.05, 3.63) is 33.4 Å². The van der Waals surface area contributed by atoms with Gasteiger partial charge in [-0.3, -0.25) is 10.1 Å². The average Bonchev–Trinajstić information content (AvgIpc) is 2.45. The molecule has 1 saturated heterocycles. The summed E-state index contributed by atoms with van der Waals surface area (Å²) in [7, 11) is 0. The maximum atomic E-state index is 11.2. The van der Waals surface area contributed by atoms with E-state index in [0.717, 1.165) is 11.1 Å². The van der Waals surface area contributed by atoms with E-state index >= 15 is 0 Å². The highest BCUT2D eigenvalue weighted by Gasteiger charge is 2.42. The standard InChI is InChI=1S/C14H20N2O6/c1-6-4-9(10(16(20)21)5-7(6)2)15-14-13(19)12(18)11(17)8(3)22-14/h4-5,8,11-15,17-19H,1-3H3/t8-,11+,12+,13+,14-/m1/s1. The van der Waals surface area contributed by atoms with Crippen molar-refractivity contribution >= 4 is 11.4 Å². The number of aryl methyl sites for hydroxylation is 2. The van der Waals surface area contributed by atoms with Crippen LogP contribution in [0.15, 0.2) is 12.1 Å². The third-order valence-corrected chi connectivity index (χ3v) is 3.96. The number of hydrogen-bond acceptors (Lipinski definition) is 7. The van der Waals surface area contributed by atoms with Crippen LogP contribution in [0, 0.1) is 24.0 Å². The molecule has 2 rings (SSSR count). The van der Waals surface area contributed by atoms with Crippen LogP contribution in [0.2, 0.25) is 0 Å². The zero-order valence-electron chi connectivity index (χ0n) is 12.6. The van der Waals surface area contributed by atoms with Gasteiger partial charge in [-0.05, 0) is 38.0 Å². The number of benzene rings is 1. The Balaban J connectivity index is 2.30. The van der Waals surface area contributed by atoms with Crippen molar-refractivity contribution in [2.75, 3.05) is 5.32 Å². The van der Waals surface area contributed by atoms with E-state index in [1.807, 2.05) is 6.92 Å². The number of nitro groups is 1. The number of aliphatic hydroxyl groups is 3. The zero-order valence-corrected chi connectivity index (χ0v) is 12.6. The van der Waals surface area contributed by atoms with Crippen LogP contribution < -0.4 is 5.32 Å². The zero-order chi connectivity index (χ0) is 16.6. The van der Waals surface area contributed by atoms with Crippen LogP contribution in [-0.4, -0.2) is 50.9 Å². The highest BCUT2D eigenvalue weighted by Crippen LogP contribution is 2.31. The van der Waals surface area contributed by atoms with Crippen LogP contribution in [-0.2, 0) is 4.74 Å². The van der Waals surface area contributed by atoms with Gasteiger partial charge in [0.15, 0.2) is 6.23 Å². The molecular formula is C14H20N2O6. The molecule has 1 aliphatic rings. The number of aliphatic hydroxyl groups excluding tert-OH is 3. The summed E-state index contributed by atoms with van der Waals surface area (Å²) in [4.78, 5) is 10.6. The van der Waals surface area contributed by atoms with Gasteiger partial charge in [-0.1, -0.05) is 0 Å². The van der Waals surface area contributed by atoms with Gasteiger partial charge in [-0.25, -0.2) is 0 Å². The van der Waals surface area contributed by atoms with E-state index in [1.165, 1.54) is 6.07 Å². The molecule has 5 atom stereocenters. The lowest BCUT2D eigenvalue weighted by molar-refractivity contribution is -0.384. The predicted molar refractivity (Wildman–Crippen MR) is 78.5 cm³/mol. The quantitative estimate of drug-likeness (QED) is 0.471. The van der Waals surface area contributed by atoms with Crippen LogP contribution in [0.4, 0.5) is 11.4 Å². The molecule has 0 aliphatic carbocycles. The molecule has 0 spiro atoms. The highest BCUT2D eigenvalue weighted by molar-refractivity contribution is 5.64. The van der Waals surface area contributed by atoms with E-state index < -0.39 is 35.6 Å². The normalized spacial score (nSPS) is 31.8. The fourth-order valence-electron chi connectivity index (χ4n) is 2.39. The smallest absolute Gasteiger partial charge is 0.292 e. The monoisotopic (exact) mass is 312 g/mol. The van der Waals surface area contributed by atoms with Crippen LogP contribution >= 0.6 is 0 Å². The summed E-state index contributed by atoms with van der Waals surface area (Å²) in [6.45, 7) is 5.12. The molecule has 122 valence electrons. The van der Waals surface area contributed by atoms with E-state index in [9.17, 15) is 25.4 Å². The first-order valence-corrected chi connectivity index (χ1v) is 6.94. The maximum Gasteiger partial charge on any atom is 0.292 e. The van der Waals surface area contributed by atoms with Crippen LogP contribution in [0.1, 0.15) is 18.1 Å². The third kappa shape index (κ3) is 3.05. The minimum absolute atomic E-state index is 0.146. The summed E-state index contributed by atoms with van der Waals surface area (Å²) in [6.07, 6.45) is -5.81. The SMILES string of the molecule is Cc1cc(N[C@@H]2O[C@H](C)[C@H](O)[C@H](O)[C@@H]2O)c([N+](=O)[O-])cc1C. The topological polar surface area (TPSA) is 125 Å². The third-order valence-electron chi connectivity index (χ3n) is 3.96. The summed E-state index contributed by atoms with van der Waals surface area (Å²) in [5, 5.41) is 43.3. The molecule has 1 aromatic rings. The van der Waals surface area contributed by atoms with Crippen molar-refractivity contribution in [3.63, 3.8) is 0 Å². The van der Waals surface area contributed by atoms with E-state index in [2.05, 4.69) is 5.32 Å². The molecule has 0 unspecified atom stereocenters. The van der Waals surface area contributed by atoms with Crippen LogP contribution in [0.25, 0.3) is 0 Å². The number of anilines is 1. The van der Waals surface area contributed by atoms with Crippen LogP contribution in [0.3, 0.4) is 0 Å². The Morgan fingerprint density at radius 2 is 1.73 bits per heavy atom. The molecule has 0 radical (unpaired) electrons. The van der Waals surface area contributed by atoms with Crippen LogP contribution in [0.5, 0.6) is 0 Å². The number of nitro benzene ring substituents is 1. The Morgan fingerprint density at radius 3 is 2.32 bits per heavy atom. The summed E-state index contributed by atoms with van der Waals surface area (Å²) in [6, 6.07) is 3.02. The van der Waals surface area contributed by atoms with Gasteiger partial charge in [0.25, 0.3) is 5.69 Å². The first-order valence-electron chi connectivity index (χ1n) is 6.94. The van der Waals surface area contributed by atoms with Crippen molar-refractivity contribution in [1.82, 2.24) is 0 Å². The molecule has 0 bridgehead atoms. The lowest BCUT2D eigenvalue weighted by atomic mass is 9.98. The number of rotatable bonds is 3. The first-order chi connectivity index (χ1) is 10.2. The summed E-state index contributed by atoms with van der Waals surface area (Å²) >= 11 is 0. The Bertz CT molecular complexity index is 579. The summed E-state index contributed by atoms with van der Waals surface area (Å²) < 4.78 is 5.40. The van der Waals surface area contributed by atoms with E-state index in [-0.39, 0.29) is 11.4 Å². The minimum Gasteiger partial charge on any atom is -0.388 e. The molecule has 8 heteroatoms. The largest absolute Gasteiger partial charge is 0.388 e. The molecule has 1 aliphatic heterocycles. The molecule has 1 aromatic carbocycles. The molecular weight excluding hydrogens is 292 g/mol. The fraction of sp³-hybridized carbons (Fsp3) is 0.571. The Hall–Kier alpha value is -1.74. The summed E-state index contributed by atoms with van der Waals surface area (Å²) in [5.74, 6) is 0. The van der Waals surface area contributed by atoms with E-state index in [4.69, 9.17) is 4.74 Å². The van der Waals surface area contributed by atoms with Gasteiger partial charge >= 0.3 is 0 Å². The van der Waals surface area contributed by atoms with Crippen molar-refractivity contribution in [2.45, 2.75) is 51.4 Å². The first kappa shape index (κ1) is 16.6. The van der Waals surface area contributed by atoms with Gasteiger partial charge < -0.3 is 25.4 Å². The Kier molecular flexibility index (Phi) is 4.66. The molecule has 0 amide bonds. The van der Waals surface area contributed by atoms with Gasteiger partial charge in [0.1, 0.15) is 24.0 Å². The Morgan fingerprint density at radius 1 is 1.14 bits per heavy atom. The predicted octanol–water partition coefficient (Wildman–Crippen LogP) is 0.451. The second-order valence-corrected chi connectivity index (χ2v) is 5.59. The van der Waals surface area contributed by atoms with E-state index in [1.54, 1.807) is 19.9 Å². The highest BCUT2D eigenvalue weighted by atomic mass is 16.6.